The highest BCUT2D eigenvalue weighted by molar-refractivity contribution is 5.79. The lowest BCUT2D eigenvalue weighted by atomic mass is 10.1. The molecule has 0 rings (SSSR count). The summed E-state index contributed by atoms with van der Waals surface area (Å²) < 4.78 is 4.85. The van der Waals surface area contributed by atoms with E-state index in [1.165, 1.54) is 0 Å². The smallest absolute Gasteiger partial charge is 0.341 e. The summed E-state index contributed by atoms with van der Waals surface area (Å²) in [6.45, 7) is 3.99. The van der Waals surface area contributed by atoms with E-state index in [4.69, 9.17) is 10.5 Å². The molecule has 72 valence electrons. The number of likely N-dealkylation sites (N-methyl/N-ethyl adjacent to an activating group) is 1. The van der Waals surface area contributed by atoms with Crippen LogP contribution in [0.1, 0.15) is 20.3 Å². The molecule has 0 spiro atoms. The summed E-state index contributed by atoms with van der Waals surface area (Å²) >= 11 is 0. The van der Waals surface area contributed by atoms with Gasteiger partial charge in [-0.05, 0) is 27.4 Å². The van der Waals surface area contributed by atoms with Gasteiger partial charge in [0.25, 0.3) is 0 Å². The molecule has 0 aromatic heterocycles. The largest absolute Gasteiger partial charge is 0.464 e. The van der Waals surface area contributed by atoms with Crippen molar-refractivity contribution in [3.63, 3.8) is 0 Å². The molecule has 0 bridgehead atoms. The minimum Gasteiger partial charge on any atom is -0.464 e. The first-order chi connectivity index (χ1) is 5.49. The standard InChI is InChI=1S/C8H18N2O2/c1-5-8(9,10(3)4)7(11)12-6-2/h5-6,9H2,1-4H3. The van der Waals surface area contributed by atoms with Crippen LogP contribution in [-0.2, 0) is 9.53 Å². The van der Waals surface area contributed by atoms with Gasteiger partial charge in [-0.15, -0.1) is 0 Å². The molecule has 0 fully saturated rings. The maximum absolute atomic E-state index is 11.3. The lowest BCUT2D eigenvalue weighted by Crippen LogP contribution is -2.59. The van der Waals surface area contributed by atoms with E-state index in [9.17, 15) is 4.79 Å². The molecule has 0 heterocycles. The Morgan fingerprint density at radius 1 is 1.50 bits per heavy atom. The first-order valence-electron chi connectivity index (χ1n) is 4.12. The molecule has 1 atom stereocenters. The summed E-state index contributed by atoms with van der Waals surface area (Å²) in [4.78, 5) is 13.0. The molecule has 0 aliphatic rings. The van der Waals surface area contributed by atoms with Crippen molar-refractivity contribution >= 4 is 5.97 Å². The van der Waals surface area contributed by atoms with E-state index in [2.05, 4.69) is 0 Å². The molecule has 0 aliphatic heterocycles. The minimum atomic E-state index is -0.976. The zero-order valence-corrected chi connectivity index (χ0v) is 8.26. The van der Waals surface area contributed by atoms with Crippen LogP contribution in [0, 0.1) is 0 Å². The van der Waals surface area contributed by atoms with Crippen molar-refractivity contribution in [2.75, 3.05) is 20.7 Å². The predicted molar refractivity (Wildman–Crippen MR) is 47.5 cm³/mol. The minimum absolute atomic E-state index is 0.363. The fourth-order valence-corrected chi connectivity index (χ4v) is 0.899. The third kappa shape index (κ3) is 2.19. The van der Waals surface area contributed by atoms with Gasteiger partial charge in [-0.3, -0.25) is 4.90 Å². The quantitative estimate of drug-likeness (QED) is 0.488. The van der Waals surface area contributed by atoms with Crippen molar-refractivity contribution in [3.05, 3.63) is 0 Å². The number of nitrogens with zero attached hydrogens (tertiary/aromatic N) is 1. The van der Waals surface area contributed by atoms with Crippen LogP contribution in [0.5, 0.6) is 0 Å². The van der Waals surface area contributed by atoms with Crippen LogP contribution in [-0.4, -0.2) is 37.2 Å². The second-order valence-electron chi connectivity index (χ2n) is 2.89. The second-order valence-corrected chi connectivity index (χ2v) is 2.89. The molecule has 0 saturated carbocycles. The van der Waals surface area contributed by atoms with Gasteiger partial charge >= 0.3 is 5.97 Å². The molecule has 0 aromatic carbocycles. The van der Waals surface area contributed by atoms with E-state index < -0.39 is 5.66 Å². The van der Waals surface area contributed by atoms with Gasteiger partial charge in [-0.1, -0.05) is 6.92 Å². The highest BCUT2D eigenvalue weighted by atomic mass is 16.5. The Bertz CT molecular complexity index is 159. The third-order valence-corrected chi connectivity index (χ3v) is 1.97. The van der Waals surface area contributed by atoms with Gasteiger partial charge in [0, 0.05) is 0 Å². The second kappa shape index (κ2) is 4.42. The fraction of sp³-hybridized carbons (Fsp3) is 0.875. The van der Waals surface area contributed by atoms with Gasteiger partial charge in [0.05, 0.1) is 6.61 Å². The lowest BCUT2D eigenvalue weighted by molar-refractivity contribution is -0.156. The fourth-order valence-electron chi connectivity index (χ4n) is 0.899. The van der Waals surface area contributed by atoms with Crippen LogP contribution in [0.4, 0.5) is 0 Å². The summed E-state index contributed by atoms with van der Waals surface area (Å²) in [5.41, 5.74) is 4.84. The molecule has 1 unspecified atom stereocenters. The van der Waals surface area contributed by atoms with Gasteiger partial charge in [0.15, 0.2) is 5.66 Å². The lowest BCUT2D eigenvalue weighted by Gasteiger charge is -2.32. The summed E-state index contributed by atoms with van der Waals surface area (Å²) in [5.74, 6) is -0.363. The molecule has 4 nitrogen and oxygen atoms in total. The van der Waals surface area contributed by atoms with E-state index in [0.29, 0.717) is 13.0 Å². The molecule has 2 N–H and O–H groups in total. The number of hydrogen-bond donors (Lipinski definition) is 1. The molecule has 0 radical (unpaired) electrons. The number of hydrogen-bond acceptors (Lipinski definition) is 4. The Balaban J connectivity index is 4.40. The number of carbonyl (C=O) groups excluding carboxylic acids is 1. The molecule has 4 heteroatoms. The molecule has 12 heavy (non-hydrogen) atoms. The van der Waals surface area contributed by atoms with Crippen LogP contribution >= 0.6 is 0 Å². The SMILES string of the molecule is CCOC(=O)C(N)(CC)N(C)C. The third-order valence-electron chi connectivity index (χ3n) is 1.97. The van der Waals surface area contributed by atoms with Gasteiger partial charge in [0.1, 0.15) is 0 Å². The first kappa shape index (κ1) is 11.4. The average Bonchev–Trinajstić information content (AvgIpc) is 2.03. The topological polar surface area (TPSA) is 55.6 Å². The van der Waals surface area contributed by atoms with Crippen molar-refractivity contribution in [3.8, 4) is 0 Å². The molecular formula is C8H18N2O2. The maximum Gasteiger partial charge on any atom is 0.341 e. The van der Waals surface area contributed by atoms with Gasteiger partial charge in [-0.25, -0.2) is 4.79 Å². The molecule has 0 aromatic rings. The normalized spacial score (nSPS) is 15.8. The predicted octanol–water partition coefficient (Wildman–Crippen LogP) is 0.176. The first-order valence-corrected chi connectivity index (χ1v) is 4.12. The number of ether oxygens (including phenoxy) is 1. The monoisotopic (exact) mass is 174 g/mol. The van der Waals surface area contributed by atoms with Crippen molar-refractivity contribution in [1.29, 1.82) is 0 Å². The Morgan fingerprint density at radius 2 is 2.00 bits per heavy atom. The molecular weight excluding hydrogens is 156 g/mol. The van der Waals surface area contributed by atoms with Crippen molar-refractivity contribution in [2.45, 2.75) is 25.9 Å². The molecule has 0 amide bonds. The highest BCUT2D eigenvalue weighted by Crippen LogP contribution is 2.11. The Labute approximate surface area is 73.7 Å². The summed E-state index contributed by atoms with van der Waals surface area (Å²) in [5, 5.41) is 0. The zero-order chi connectivity index (χ0) is 9.78. The van der Waals surface area contributed by atoms with Crippen molar-refractivity contribution in [1.82, 2.24) is 4.90 Å². The Kier molecular flexibility index (Phi) is 4.20. The summed E-state index contributed by atoms with van der Waals surface area (Å²) in [6, 6.07) is 0. The molecule has 0 saturated heterocycles. The van der Waals surface area contributed by atoms with Gasteiger partial charge in [0.2, 0.25) is 0 Å². The summed E-state index contributed by atoms with van der Waals surface area (Å²) in [6.07, 6.45) is 0.541. The van der Waals surface area contributed by atoms with Crippen molar-refractivity contribution in [2.24, 2.45) is 5.73 Å². The number of esters is 1. The Morgan fingerprint density at radius 3 is 2.25 bits per heavy atom. The highest BCUT2D eigenvalue weighted by Gasteiger charge is 2.35. The molecule has 0 aliphatic carbocycles. The number of nitrogens with two attached hydrogens (primary N) is 1. The number of carbonyl (C=O) groups is 1. The Hall–Kier alpha value is -0.610. The van der Waals surface area contributed by atoms with Gasteiger partial charge in [-0.2, -0.15) is 0 Å². The number of rotatable bonds is 4. The van der Waals surface area contributed by atoms with E-state index in [0.717, 1.165) is 0 Å². The summed E-state index contributed by atoms with van der Waals surface area (Å²) in [7, 11) is 3.53. The zero-order valence-electron chi connectivity index (χ0n) is 8.26. The van der Waals surface area contributed by atoms with Gasteiger partial charge < -0.3 is 10.5 Å². The van der Waals surface area contributed by atoms with Crippen LogP contribution in [0.3, 0.4) is 0 Å². The van der Waals surface area contributed by atoms with Crippen LogP contribution in [0.25, 0.3) is 0 Å². The van der Waals surface area contributed by atoms with Crippen LogP contribution in [0.2, 0.25) is 0 Å². The van der Waals surface area contributed by atoms with E-state index in [-0.39, 0.29) is 5.97 Å². The van der Waals surface area contributed by atoms with E-state index in [1.807, 2.05) is 6.92 Å². The van der Waals surface area contributed by atoms with E-state index in [1.54, 1.807) is 25.9 Å². The van der Waals surface area contributed by atoms with Crippen LogP contribution < -0.4 is 5.73 Å². The van der Waals surface area contributed by atoms with Crippen LogP contribution in [0.15, 0.2) is 0 Å². The van der Waals surface area contributed by atoms with Crippen molar-refractivity contribution < 1.29 is 9.53 Å². The van der Waals surface area contributed by atoms with E-state index >= 15 is 0 Å². The average molecular weight is 174 g/mol. The maximum atomic E-state index is 11.3.